The van der Waals surface area contributed by atoms with Crippen molar-refractivity contribution < 1.29 is 0 Å². The number of rotatable bonds is 5. The Hall–Kier alpha value is -0.930. The largest absolute Gasteiger partial charge is 0.311 e. The van der Waals surface area contributed by atoms with Crippen molar-refractivity contribution in [2.75, 3.05) is 13.1 Å². The van der Waals surface area contributed by atoms with Gasteiger partial charge in [-0.3, -0.25) is 9.88 Å². The highest BCUT2D eigenvalue weighted by Gasteiger charge is 2.32. The SMILES string of the molecule is CCC(C)C1CN(C(C)c2ccncc2)C(CC)CN1. The Morgan fingerprint density at radius 1 is 1.30 bits per heavy atom. The van der Waals surface area contributed by atoms with Crippen LogP contribution in [-0.4, -0.2) is 35.1 Å². The van der Waals surface area contributed by atoms with Gasteiger partial charge in [0, 0.05) is 43.6 Å². The summed E-state index contributed by atoms with van der Waals surface area (Å²) in [6, 6.07) is 6.03. The summed E-state index contributed by atoms with van der Waals surface area (Å²) in [4.78, 5) is 6.82. The van der Waals surface area contributed by atoms with E-state index in [1.165, 1.54) is 18.4 Å². The van der Waals surface area contributed by atoms with E-state index in [1.807, 2.05) is 12.4 Å². The summed E-state index contributed by atoms with van der Waals surface area (Å²) in [7, 11) is 0. The van der Waals surface area contributed by atoms with Crippen molar-refractivity contribution >= 4 is 0 Å². The van der Waals surface area contributed by atoms with E-state index in [-0.39, 0.29) is 0 Å². The molecule has 2 heterocycles. The van der Waals surface area contributed by atoms with Crippen molar-refractivity contribution in [2.24, 2.45) is 5.92 Å². The van der Waals surface area contributed by atoms with Crippen molar-refractivity contribution in [3.63, 3.8) is 0 Å². The zero-order valence-electron chi connectivity index (χ0n) is 13.3. The molecule has 1 aromatic heterocycles. The number of hydrogen-bond donors (Lipinski definition) is 1. The van der Waals surface area contributed by atoms with E-state index in [0.29, 0.717) is 18.1 Å². The van der Waals surface area contributed by atoms with Crippen LogP contribution in [0.15, 0.2) is 24.5 Å². The highest BCUT2D eigenvalue weighted by Crippen LogP contribution is 2.27. The summed E-state index contributed by atoms with van der Waals surface area (Å²) in [6.45, 7) is 11.5. The first kappa shape index (κ1) is 15.5. The third-order valence-electron chi connectivity index (χ3n) is 4.98. The highest BCUT2D eigenvalue weighted by molar-refractivity contribution is 5.15. The lowest BCUT2D eigenvalue weighted by Gasteiger charge is -2.45. The molecule has 1 aliphatic heterocycles. The number of pyridine rings is 1. The molecule has 2 rings (SSSR count). The Labute approximate surface area is 123 Å². The fourth-order valence-electron chi connectivity index (χ4n) is 3.20. The van der Waals surface area contributed by atoms with Crippen molar-refractivity contribution in [3.05, 3.63) is 30.1 Å². The predicted octanol–water partition coefficient (Wildman–Crippen LogP) is 3.24. The van der Waals surface area contributed by atoms with Crippen LogP contribution in [0.4, 0.5) is 0 Å². The third-order valence-corrected chi connectivity index (χ3v) is 4.98. The molecule has 0 aromatic carbocycles. The van der Waals surface area contributed by atoms with Gasteiger partial charge in [-0.05, 0) is 37.0 Å². The number of piperazine rings is 1. The van der Waals surface area contributed by atoms with Crippen LogP contribution in [0.5, 0.6) is 0 Å². The lowest BCUT2D eigenvalue weighted by molar-refractivity contribution is 0.0706. The Morgan fingerprint density at radius 2 is 2.00 bits per heavy atom. The number of nitrogens with one attached hydrogen (secondary N) is 1. The first-order valence-corrected chi connectivity index (χ1v) is 8.06. The van der Waals surface area contributed by atoms with Gasteiger partial charge in [0.2, 0.25) is 0 Å². The fraction of sp³-hybridized carbons (Fsp3) is 0.706. The number of hydrogen-bond acceptors (Lipinski definition) is 3. The van der Waals surface area contributed by atoms with Crippen LogP contribution in [0.25, 0.3) is 0 Å². The molecule has 0 amide bonds. The molecule has 0 aliphatic carbocycles. The first-order valence-electron chi connectivity index (χ1n) is 8.06. The van der Waals surface area contributed by atoms with Crippen molar-refractivity contribution in [1.82, 2.24) is 15.2 Å². The minimum absolute atomic E-state index is 0.469. The van der Waals surface area contributed by atoms with E-state index in [9.17, 15) is 0 Å². The van der Waals surface area contributed by atoms with Crippen LogP contribution in [0.1, 0.15) is 52.1 Å². The Morgan fingerprint density at radius 3 is 2.60 bits per heavy atom. The van der Waals surface area contributed by atoms with Crippen molar-refractivity contribution in [1.29, 1.82) is 0 Å². The first-order chi connectivity index (χ1) is 9.67. The molecule has 3 nitrogen and oxygen atoms in total. The van der Waals surface area contributed by atoms with Crippen molar-refractivity contribution in [2.45, 2.75) is 58.7 Å². The van der Waals surface area contributed by atoms with Crippen LogP contribution >= 0.6 is 0 Å². The lowest BCUT2D eigenvalue weighted by Crippen LogP contribution is -2.58. The monoisotopic (exact) mass is 275 g/mol. The number of nitrogens with zero attached hydrogens (tertiary/aromatic N) is 2. The maximum atomic E-state index is 4.14. The van der Waals surface area contributed by atoms with Gasteiger partial charge in [-0.25, -0.2) is 0 Å². The minimum atomic E-state index is 0.469. The third kappa shape index (κ3) is 3.39. The van der Waals surface area contributed by atoms with Gasteiger partial charge in [-0.1, -0.05) is 27.2 Å². The molecular weight excluding hydrogens is 246 g/mol. The molecule has 0 radical (unpaired) electrons. The second kappa shape index (κ2) is 7.19. The van der Waals surface area contributed by atoms with Crippen molar-refractivity contribution in [3.8, 4) is 0 Å². The lowest BCUT2D eigenvalue weighted by atomic mass is 9.93. The molecule has 0 saturated carbocycles. The summed E-state index contributed by atoms with van der Waals surface area (Å²) in [5.74, 6) is 0.736. The maximum Gasteiger partial charge on any atom is 0.0325 e. The molecule has 1 N–H and O–H groups in total. The second-order valence-corrected chi connectivity index (χ2v) is 6.12. The van der Waals surface area contributed by atoms with Gasteiger partial charge >= 0.3 is 0 Å². The molecule has 1 saturated heterocycles. The summed E-state index contributed by atoms with van der Waals surface area (Å²) >= 11 is 0. The smallest absolute Gasteiger partial charge is 0.0325 e. The normalized spacial score (nSPS) is 27.2. The second-order valence-electron chi connectivity index (χ2n) is 6.12. The zero-order chi connectivity index (χ0) is 14.5. The topological polar surface area (TPSA) is 28.2 Å². The summed E-state index contributed by atoms with van der Waals surface area (Å²) < 4.78 is 0. The minimum Gasteiger partial charge on any atom is -0.311 e. The molecule has 1 fully saturated rings. The molecule has 112 valence electrons. The Balaban J connectivity index is 2.12. The zero-order valence-corrected chi connectivity index (χ0v) is 13.3. The molecule has 4 unspecified atom stereocenters. The van der Waals surface area contributed by atoms with Gasteiger partial charge in [0.1, 0.15) is 0 Å². The molecular formula is C17H29N3. The molecule has 1 aromatic rings. The summed E-state index contributed by atoms with van der Waals surface area (Å²) in [5, 5.41) is 3.75. The van der Waals surface area contributed by atoms with Crippen LogP contribution < -0.4 is 5.32 Å². The maximum absolute atomic E-state index is 4.14. The molecule has 3 heteroatoms. The van der Waals surface area contributed by atoms with Crippen LogP contribution in [-0.2, 0) is 0 Å². The van der Waals surface area contributed by atoms with Crippen LogP contribution in [0.2, 0.25) is 0 Å². The molecule has 1 aliphatic rings. The van der Waals surface area contributed by atoms with E-state index in [1.54, 1.807) is 0 Å². The highest BCUT2D eigenvalue weighted by atomic mass is 15.3. The molecule has 0 spiro atoms. The van der Waals surface area contributed by atoms with E-state index >= 15 is 0 Å². The average Bonchev–Trinajstić information content (AvgIpc) is 2.53. The van der Waals surface area contributed by atoms with Gasteiger partial charge in [-0.2, -0.15) is 0 Å². The van der Waals surface area contributed by atoms with Gasteiger partial charge in [0.15, 0.2) is 0 Å². The standard InChI is InChI=1S/C17H29N3/c1-5-13(3)17-12-20(16(6-2)11-19-17)14(4)15-7-9-18-10-8-15/h7-10,13-14,16-17,19H,5-6,11-12H2,1-4H3. The van der Waals surface area contributed by atoms with Gasteiger partial charge in [0.05, 0.1) is 0 Å². The summed E-state index contributed by atoms with van der Waals surface area (Å²) in [6.07, 6.45) is 6.25. The van der Waals surface area contributed by atoms with Gasteiger partial charge in [0.25, 0.3) is 0 Å². The van der Waals surface area contributed by atoms with Crippen LogP contribution in [0, 0.1) is 5.92 Å². The fourth-order valence-corrected chi connectivity index (χ4v) is 3.20. The van der Waals surface area contributed by atoms with Gasteiger partial charge in [-0.15, -0.1) is 0 Å². The molecule has 4 atom stereocenters. The van der Waals surface area contributed by atoms with E-state index in [0.717, 1.165) is 19.0 Å². The average molecular weight is 275 g/mol. The quantitative estimate of drug-likeness (QED) is 0.894. The molecule has 20 heavy (non-hydrogen) atoms. The molecule has 0 bridgehead atoms. The van der Waals surface area contributed by atoms with Gasteiger partial charge < -0.3 is 5.32 Å². The Bertz CT molecular complexity index is 392. The Kier molecular flexibility index (Phi) is 5.55. The van der Waals surface area contributed by atoms with E-state index in [2.05, 4.69) is 55.0 Å². The summed E-state index contributed by atoms with van der Waals surface area (Å²) in [5.41, 5.74) is 1.38. The predicted molar refractivity (Wildman–Crippen MR) is 84.7 cm³/mol. The number of aromatic nitrogens is 1. The van der Waals surface area contributed by atoms with E-state index < -0.39 is 0 Å². The van der Waals surface area contributed by atoms with E-state index in [4.69, 9.17) is 0 Å². The van der Waals surface area contributed by atoms with Crippen LogP contribution in [0.3, 0.4) is 0 Å².